The van der Waals surface area contributed by atoms with E-state index in [0.717, 1.165) is 17.7 Å². The van der Waals surface area contributed by atoms with Gasteiger partial charge < -0.3 is 4.90 Å². The maximum atomic E-state index is 13.4. The first-order valence-electron chi connectivity index (χ1n) is 8.76. The summed E-state index contributed by atoms with van der Waals surface area (Å²) < 4.78 is 26.7. The number of benzene rings is 2. The lowest BCUT2D eigenvalue weighted by atomic mass is 10.1. The lowest BCUT2D eigenvalue weighted by Crippen LogP contribution is -2.28. The molecular weight excluding hydrogens is 348 g/mol. The number of hydrogen-bond acceptors (Lipinski definition) is 2. The normalized spacial score (nSPS) is 10.8. The van der Waals surface area contributed by atoms with Crippen LogP contribution in [-0.4, -0.2) is 34.6 Å². The smallest absolute Gasteiger partial charge is 0.253 e. The van der Waals surface area contributed by atoms with Gasteiger partial charge in [-0.25, -0.2) is 8.78 Å². The molecule has 0 spiro atoms. The second-order valence-electron chi connectivity index (χ2n) is 6.58. The molecule has 0 aliphatic heterocycles. The molecule has 0 saturated carbocycles. The molecule has 6 heteroatoms. The first-order chi connectivity index (χ1) is 12.9. The van der Waals surface area contributed by atoms with Crippen LogP contribution in [0.15, 0.2) is 48.5 Å². The average Bonchev–Trinajstić information content (AvgIpc) is 3.12. The van der Waals surface area contributed by atoms with Crippen molar-refractivity contribution in [2.75, 3.05) is 13.6 Å². The van der Waals surface area contributed by atoms with Crippen LogP contribution in [0.1, 0.15) is 28.0 Å². The Morgan fingerprint density at radius 1 is 1.11 bits per heavy atom. The molecule has 3 aromatic rings. The van der Waals surface area contributed by atoms with Gasteiger partial charge in [-0.3, -0.25) is 9.89 Å². The second-order valence-corrected chi connectivity index (χ2v) is 6.58. The van der Waals surface area contributed by atoms with Crippen LogP contribution in [0.5, 0.6) is 0 Å². The van der Waals surface area contributed by atoms with E-state index in [2.05, 4.69) is 10.2 Å². The van der Waals surface area contributed by atoms with Gasteiger partial charge in [-0.2, -0.15) is 5.10 Å². The molecule has 0 saturated heterocycles. The molecule has 0 bridgehead atoms. The Morgan fingerprint density at radius 2 is 1.89 bits per heavy atom. The maximum absolute atomic E-state index is 13.4. The Hall–Kier alpha value is -3.02. The maximum Gasteiger partial charge on any atom is 0.253 e. The summed E-state index contributed by atoms with van der Waals surface area (Å²) >= 11 is 0. The van der Waals surface area contributed by atoms with E-state index < -0.39 is 5.82 Å². The van der Waals surface area contributed by atoms with E-state index in [1.807, 2.05) is 6.07 Å². The van der Waals surface area contributed by atoms with Crippen molar-refractivity contribution in [2.45, 2.75) is 19.8 Å². The topological polar surface area (TPSA) is 49.0 Å². The van der Waals surface area contributed by atoms with Gasteiger partial charge >= 0.3 is 0 Å². The minimum absolute atomic E-state index is 0.197. The number of nitrogens with zero attached hydrogens (tertiary/aromatic N) is 2. The average molecular weight is 369 g/mol. The van der Waals surface area contributed by atoms with E-state index in [1.54, 1.807) is 37.1 Å². The number of halogens is 2. The number of rotatable bonds is 6. The summed E-state index contributed by atoms with van der Waals surface area (Å²) in [6.07, 6.45) is 1.42. The SMILES string of the molecule is Cc1ccc(F)cc1C(=O)N(C)CCCc1cc(-c2cccc(F)c2)n[nH]1. The largest absolute Gasteiger partial charge is 0.342 e. The molecule has 1 heterocycles. The summed E-state index contributed by atoms with van der Waals surface area (Å²) in [5, 5.41) is 7.16. The molecule has 0 radical (unpaired) electrons. The number of H-pyrrole nitrogens is 1. The Kier molecular flexibility index (Phi) is 5.64. The molecule has 0 unspecified atom stereocenters. The molecule has 0 aliphatic carbocycles. The second kappa shape index (κ2) is 8.12. The van der Waals surface area contributed by atoms with E-state index in [9.17, 15) is 13.6 Å². The lowest BCUT2D eigenvalue weighted by molar-refractivity contribution is 0.0792. The number of aryl methyl sites for hydroxylation is 2. The number of hydrogen-bond donors (Lipinski definition) is 1. The van der Waals surface area contributed by atoms with Crippen molar-refractivity contribution in [3.05, 3.63) is 77.0 Å². The van der Waals surface area contributed by atoms with Gasteiger partial charge in [-0.05, 0) is 55.7 Å². The van der Waals surface area contributed by atoms with Gasteiger partial charge in [0.2, 0.25) is 0 Å². The zero-order valence-electron chi connectivity index (χ0n) is 15.3. The zero-order chi connectivity index (χ0) is 19.4. The van der Waals surface area contributed by atoms with Gasteiger partial charge in [-0.15, -0.1) is 0 Å². The van der Waals surface area contributed by atoms with Crippen LogP contribution in [0.3, 0.4) is 0 Å². The molecule has 4 nitrogen and oxygen atoms in total. The monoisotopic (exact) mass is 369 g/mol. The van der Waals surface area contributed by atoms with Crippen LogP contribution in [0.25, 0.3) is 11.3 Å². The fourth-order valence-corrected chi connectivity index (χ4v) is 2.92. The van der Waals surface area contributed by atoms with Crippen molar-refractivity contribution in [3.63, 3.8) is 0 Å². The van der Waals surface area contributed by atoms with Crippen molar-refractivity contribution >= 4 is 5.91 Å². The third-order valence-electron chi connectivity index (χ3n) is 4.47. The summed E-state index contributed by atoms with van der Waals surface area (Å²) in [5.74, 6) is -0.915. The third kappa shape index (κ3) is 4.58. The summed E-state index contributed by atoms with van der Waals surface area (Å²) in [6, 6.07) is 12.4. The van der Waals surface area contributed by atoms with Crippen LogP contribution in [-0.2, 0) is 6.42 Å². The fraction of sp³-hybridized carbons (Fsp3) is 0.238. The number of aromatic amines is 1. The Balaban J connectivity index is 1.57. The van der Waals surface area contributed by atoms with E-state index in [0.29, 0.717) is 29.8 Å². The first kappa shape index (κ1) is 18.8. The van der Waals surface area contributed by atoms with Crippen molar-refractivity contribution in [1.82, 2.24) is 15.1 Å². The van der Waals surface area contributed by atoms with E-state index in [4.69, 9.17) is 0 Å². The highest BCUT2D eigenvalue weighted by Gasteiger charge is 2.15. The molecule has 0 atom stereocenters. The highest BCUT2D eigenvalue weighted by molar-refractivity contribution is 5.95. The summed E-state index contributed by atoms with van der Waals surface area (Å²) in [6.45, 7) is 2.32. The van der Waals surface area contributed by atoms with Crippen molar-refractivity contribution in [1.29, 1.82) is 0 Å². The molecule has 1 N–H and O–H groups in total. The van der Waals surface area contributed by atoms with Crippen LogP contribution in [0, 0.1) is 18.6 Å². The number of carbonyl (C=O) groups is 1. The van der Waals surface area contributed by atoms with E-state index in [-0.39, 0.29) is 11.7 Å². The molecule has 3 rings (SSSR count). The minimum atomic E-state index is -0.417. The van der Waals surface area contributed by atoms with Crippen LogP contribution >= 0.6 is 0 Å². The highest BCUT2D eigenvalue weighted by Crippen LogP contribution is 2.19. The summed E-state index contributed by atoms with van der Waals surface area (Å²) in [4.78, 5) is 14.1. The quantitative estimate of drug-likeness (QED) is 0.701. The first-order valence-corrected chi connectivity index (χ1v) is 8.76. The van der Waals surface area contributed by atoms with Crippen LogP contribution in [0.2, 0.25) is 0 Å². The molecule has 0 fully saturated rings. The molecule has 1 amide bonds. The van der Waals surface area contributed by atoms with Gasteiger partial charge in [0.1, 0.15) is 11.6 Å². The van der Waals surface area contributed by atoms with Gasteiger partial charge in [0.05, 0.1) is 5.69 Å². The number of carbonyl (C=O) groups excluding carboxylic acids is 1. The van der Waals surface area contributed by atoms with Gasteiger partial charge in [0.25, 0.3) is 5.91 Å². The Morgan fingerprint density at radius 3 is 2.67 bits per heavy atom. The summed E-state index contributed by atoms with van der Waals surface area (Å²) in [7, 11) is 1.71. The summed E-state index contributed by atoms with van der Waals surface area (Å²) in [5.41, 5.74) is 3.45. The van der Waals surface area contributed by atoms with Gasteiger partial charge in [0.15, 0.2) is 0 Å². The van der Waals surface area contributed by atoms with Gasteiger partial charge in [0, 0.05) is 30.4 Å². The fourth-order valence-electron chi connectivity index (χ4n) is 2.92. The third-order valence-corrected chi connectivity index (χ3v) is 4.47. The zero-order valence-corrected chi connectivity index (χ0v) is 15.3. The molecule has 1 aromatic heterocycles. The molecular formula is C21H21F2N3O. The van der Waals surface area contributed by atoms with Crippen molar-refractivity contribution < 1.29 is 13.6 Å². The lowest BCUT2D eigenvalue weighted by Gasteiger charge is -2.18. The molecule has 27 heavy (non-hydrogen) atoms. The highest BCUT2D eigenvalue weighted by atomic mass is 19.1. The molecule has 2 aromatic carbocycles. The predicted octanol–water partition coefficient (Wildman–Crippen LogP) is 4.37. The molecule has 0 aliphatic rings. The number of nitrogens with one attached hydrogen (secondary N) is 1. The van der Waals surface area contributed by atoms with Gasteiger partial charge in [-0.1, -0.05) is 18.2 Å². The van der Waals surface area contributed by atoms with Crippen LogP contribution < -0.4 is 0 Å². The Labute approximate surface area is 156 Å². The standard InChI is InChI=1S/C21H21F2N3O/c1-14-8-9-17(23)12-19(14)21(27)26(2)10-4-7-18-13-20(25-24-18)15-5-3-6-16(22)11-15/h3,5-6,8-9,11-13H,4,7,10H2,1-2H3,(H,24,25). The van der Waals surface area contributed by atoms with E-state index in [1.165, 1.54) is 24.3 Å². The Bertz CT molecular complexity index is 952. The number of aromatic nitrogens is 2. The van der Waals surface area contributed by atoms with E-state index >= 15 is 0 Å². The molecule has 140 valence electrons. The minimum Gasteiger partial charge on any atom is -0.342 e. The predicted molar refractivity (Wildman–Crippen MR) is 100 cm³/mol. The van der Waals surface area contributed by atoms with Crippen molar-refractivity contribution in [2.24, 2.45) is 0 Å². The van der Waals surface area contributed by atoms with Crippen molar-refractivity contribution in [3.8, 4) is 11.3 Å². The number of amides is 1. The van der Waals surface area contributed by atoms with Crippen LogP contribution in [0.4, 0.5) is 8.78 Å².